The fourth-order valence-electron chi connectivity index (χ4n) is 3.69. The number of rotatable bonds is 11. The lowest BCUT2D eigenvalue weighted by atomic mass is 10.1. The molecule has 210 valence electrons. The summed E-state index contributed by atoms with van der Waals surface area (Å²) in [5, 5.41) is 27.3. The SMILES string of the molecule is O=C(Nc1cccc(SCC(=O)c2cccc([N+](=O)[O-])c2)c1)/C(=C/c1ccc([N+](=O)[O-])cc1)NC(=O)c1ccccc1. The van der Waals surface area contributed by atoms with Crippen molar-refractivity contribution in [2.75, 3.05) is 11.1 Å². The third-order valence-corrected chi connectivity index (χ3v) is 6.78. The van der Waals surface area contributed by atoms with E-state index in [0.29, 0.717) is 21.7 Å². The monoisotopic (exact) mass is 582 g/mol. The van der Waals surface area contributed by atoms with Crippen LogP contribution in [-0.2, 0) is 4.79 Å². The van der Waals surface area contributed by atoms with Gasteiger partial charge < -0.3 is 10.6 Å². The van der Waals surface area contributed by atoms with Crippen molar-refractivity contribution in [1.29, 1.82) is 0 Å². The van der Waals surface area contributed by atoms with E-state index < -0.39 is 21.7 Å². The molecule has 0 bridgehead atoms. The highest BCUT2D eigenvalue weighted by atomic mass is 32.2. The first-order valence-corrected chi connectivity index (χ1v) is 13.3. The molecule has 4 rings (SSSR count). The molecular weight excluding hydrogens is 560 g/mol. The second-order valence-electron chi connectivity index (χ2n) is 8.73. The molecule has 0 saturated carbocycles. The van der Waals surface area contributed by atoms with Crippen LogP contribution in [0, 0.1) is 20.2 Å². The molecule has 0 atom stereocenters. The molecule has 0 unspecified atom stereocenters. The number of Topliss-reactive ketones (excluding diaryl/α,β-unsaturated/α-hetero) is 1. The number of carbonyl (C=O) groups is 3. The second kappa shape index (κ2) is 13.6. The molecular formula is C30H22N4O7S. The van der Waals surface area contributed by atoms with Crippen molar-refractivity contribution >= 4 is 52.5 Å². The predicted octanol–water partition coefficient (Wildman–Crippen LogP) is 5.89. The number of amides is 2. The minimum atomic E-state index is -0.646. The van der Waals surface area contributed by atoms with Crippen molar-refractivity contribution in [3.05, 3.63) is 146 Å². The molecule has 11 nitrogen and oxygen atoms in total. The lowest BCUT2D eigenvalue weighted by Gasteiger charge is -2.12. The van der Waals surface area contributed by atoms with Crippen LogP contribution in [-0.4, -0.2) is 33.2 Å². The Hall–Kier alpha value is -5.62. The van der Waals surface area contributed by atoms with Gasteiger partial charge in [-0.15, -0.1) is 11.8 Å². The number of nitro groups is 2. The van der Waals surface area contributed by atoms with Gasteiger partial charge in [0.05, 0.1) is 15.6 Å². The van der Waals surface area contributed by atoms with Gasteiger partial charge in [0, 0.05) is 46.0 Å². The van der Waals surface area contributed by atoms with Gasteiger partial charge in [0.15, 0.2) is 5.78 Å². The number of nitro benzene ring substituents is 2. The van der Waals surface area contributed by atoms with E-state index in [9.17, 15) is 34.6 Å². The van der Waals surface area contributed by atoms with E-state index in [1.807, 2.05) is 0 Å². The van der Waals surface area contributed by atoms with Gasteiger partial charge in [-0.2, -0.15) is 0 Å². The molecule has 0 saturated heterocycles. The third-order valence-electron chi connectivity index (χ3n) is 5.78. The number of non-ortho nitro benzene ring substituents is 2. The maximum Gasteiger partial charge on any atom is 0.272 e. The van der Waals surface area contributed by atoms with Gasteiger partial charge in [-0.25, -0.2) is 0 Å². The van der Waals surface area contributed by atoms with E-state index in [1.54, 1.807) is 54.6 Å². The lowest BCUT2D eigenvalue weighted by Crippen LogP contribution is -2.30. The van der Waals surface area contributed by atoms with E-state index in [2.05, 4.69) is 10.6 Å². The second-order valence-corrected chi connectivity index (χ2v) is 9.78. The summed E-state index contributed by atoms with van der Waals surface area (Å²) >= 11 is 1.19. The molecule has 2 amide bonds. The van der Waals surface area contributed by atoms with E-state index in [1.165, 1.54) is 66.4 Å². The predicted molar refractivity (Wildman–Crippen MR) is 158 cm³/mol. The van der Waals surface area contributed by atoms with Crippen LogP contribution in [0.4, 0.5) is 17.1 Å². The molecule has 0 aliphatic heterocycles. The highest BCUT2D eigenvalue weighted by Gasteiger charge is 2.16. The molecule has 42 heavy (non-hydrogen) atoms. The minimum absolute atomic E-state index is 0.0109. The number of nitrogens with one attached hydrogen (secondary N) is 2. The fraction of sp³-hybridized carbons (Fsp3) is 0.0333. The molecule has 0 radical (unpaired) electrons. The van der Waals surface area contributed by atoms with Crippen LogP contribution < -0.4 is 10.6 Å². The zero-order valence-corrected chi connectivity index (χ0v) is 22.6. The summed E-state index contributed by atoms with van der Waals surface area (Å²) in [6.45, 7) is 0. The Bertz CT molecular complexity index is 1690. The van der Waals surface area contributed by atoms with Crippen LogP contribution in [0.3, 0.4) is 0 Å². The van der Waals surface area contributed by atoms with Crippen molar-refractivity contribution < 1.29 is 24.2 Å². The Labute approximate surface area is 243 Å². The van der Waals surface area contributed by atoms with E-state index in [4.69, 9.17) is 0 Å². The Morgan fingerprint density at radius 3 is 2.10 bits per heavy atom. The number of hydrogen-bond donors (Lipinski definition) is 2. The molecule has 0 spiro atoms. The number of nitrogens with zero attached hydrogens (tertiary/aromatic N) is 2. The molecule has 0 aromatic heterocycles. The van der Waals surface area contributed by atoms with Crippen LogP contribution in [0.5, 0.6) is 0 Å². The minimum Gasteiger partial charge on any atom is -0.321 e. The Morgan fingerprint density at radius 2 is 1.40 bits per heavy atom. The van der Waals surface area contributed by atoms with Gasteiger partial charge in [0.2, 0.25) is 0 Å². The van der Waals surface area contributed by atoms with Crippen molar-refractivity contribution in [1.82, 2.24) is 5.32 Å². The third kappa shape index (κ3) is 7.96. The van der Waals surface area contributed by atoms with Crippen molar-refractivity contribution in [2.24, 2.45) is 0 Å². The Balaban J connectivity index is 1.50. The van der Waals surface area contributed by atoms with Gasteiger partial charge in [0.1, 0.15) is 5.70 Å². The number of carbonyl (C=O) groups excluding carboxylic acids is 3. The standard InChI is InChI=1S/C30H22N4O7S/c35-28(22-8-4-10-25(17-22)34(40)41)19-42-26-11-5-9-23(18-26)31-30(37)27(32-29(36)21-6-2-1-3-7-21)16-20-12-14-24(15-13-20)33(38)39/h1-18H,19H2,(H,31,37)(H,32,36)/b27-16-. The summed E-state index contributed by atoms with van der Waals surface area (Å²) in [6, 6.07) is 26.0. The van der Waals surface area contributed by atoms with E-state index in [-0.39, 0.29) is 34.2 Å². The maximum atomic E-state index is 13.3. The van der Waals surface area contributed by atoms with Crippen LogP contribution in [0.2, 0.25) is 0 Å². The summed E-state index contributed by atoms with van der Waals surface area (Å²) in [5.74, 6) is -1.46. The van der Waals surface area contributed by atoms with Gasteiger partial charge in [-0.1, -0.05) is 36.4 Å². The molecule has 12 heteroatoms. The fourth-order valence-corrected chi connectivity index (χ4v) is 4.54. The molecule has 0 aliphatic carbocycles. The van der Waals surface area contributed by atoms with Crippen molar-refractivity contribution in [3.8, 4) is 0 Å². The topological polar surface area (TPSA) is 162 Å². The summed E-state index contributed by atoms with van der Waals surface area (Å²) in [7, 11) is 0. The first-order valence-electron chi connectivity index (χ1n) is 12.3. The Kier molecular flexibility index (Phi) is 9.53. The van der Waals surface area contributed by atoms with E-state index in [0.717, 1.165) is 0 Å². The van der Waals surface area contributed by atoms with Gasteiger partial charge in [-0.3, -0.25) is 34.6 Å². The van der Waals surface area contributed by atoms with Crippen molar-refractivity contribution in [3.63, 3.8) is 0 Å². The van der Waals surface area contributed by atoms with Gasteiger partial charge in [0.25, 0.3) is 23.2 Å². The quantitative estimate of drug-likeness (QED) is 0.0727. The van der Waals surface area contributed by atoms with Crippen LogP contribution in [0.15, 0.2) is 114 Å². The molecule has 2 N–H and O–H groups in total. The first-order chi connectivity index (χ1) is 20.2. The number of thioether (sulfide) groups is 1. The summed E-state index contributed by atoms with van der Waals surface area (Å²) in [6.07, 6.45) is 1.40. The largest absolute Gasteiger partial charge is 0.321 e. The summed E-state index contributed by atoms with van der Waals surface area (Å²) in [4.78, 5) is 60.3. The zero-order valence-electron chi connectivity index (χ0n) is 21.8. The first kappa shape index (κ1) is 29.4. The highest BCUT2D eigenvalue weighted by molar-refractivity contribution is 8.00. The van der Waals surface area contributed by atoms with Gasteiger partial charge in [-0.05, 0) is 54.1 Å². The number of anilines is 1. The lowest BCUT2D eigenvalue weighted by molar-refractivity contribution is -0.385. The number of benzene rings is 4. The van der Waals surface area contributed by atoms with Crippen LogP contribution >= 0.6 is 11.8 Å². The highest BCUT2D eigenvalue weighted by Crippen LogP contribution is 2.24. The molecule has 0 aliphatic rings. The average Bonchev–Trinajstić information content (AvgIpc) is 3.00. The van der Waals surface area contributed by atoms with Crippen molar-refractivity contribution in [2.45, 2.75) is 4.90 Å². The molecule has 4 aromatic rings. The molecule has 0 fully saturated rings. The number of hydrogen-bond acceptors (Lipinski definition) is 8. The Morgan fingerprint density at radius 1 is 0.738 bits per heavy atom. The normalized spacial score (nSPS) is 10.9. The zero-order chi connectivity index (χ0) is 30.1. The summed E-state index contributed by atoms with van der Waals surface area (Å²) in [5.41, 5.74) is 0.983. The summed E-state index contributed by atoms with van der Waals surface area (Å²) < 4.78 is 0. The van der Waals surface area contributed by atoms with E-state index >= 15 is 0 Å². The maximum absolute atomic E-state index is 13.3. The van der Waals surface area contributed by atoms with Gasteiger partial charge >= 0.3 is 0 Å². The molecule has 0 heterocycles. The number of ketones is 1. The van der Waals surface area contributed by atoms with Crippen LogP contribution in [0.1, 0.15) is 26.3 Å². The average molecular weight is 583 g/mol. The molecule has 4 aromatic carbocycles. The van der Waals surface area contributed by atoms with Crippen LogP contribution in [0.25, 0.3) is 6.08 Å². The smallest absolute Gasteiger partial charge is 0.272 e.